The van der Waals surface area contributed by atoms with E-state index in [2.05, 4.69) is 10.2 Å². The smallest absolute Gasteiger partial charge is 0.416 e. The van der Waals surface area contributed by atoms with Gasteiger partial charge in [-0.2, -0.15) is 0 Å². The predicted octanol–water partition coefficient (Wildman–Crippen LogP) is 4.25. The van der Waals surface area contributed by atoms with Gasteiger partial charge in [0.05, 0.1) is 0 Å². The maximum absolute atomic E-state index is 12.4. The van der Waals surface area contributed by atoms with Crippen LogP contribution in [0.1, 0.15) is 25.6 Å². The molecule has 0 fully saturated rings. The van der Waals surface area contributed by atoms with E-state index in [4.69, 9.17) is 17.0 Å². The molecule has 1 amide bonds. The summed E-state index contributed by atoms with van der Waals surface area (Å²) in [5.74, 6) is 0. The Bertz CT molecular complexity index is 640. The fourth-order valence-corrected chi connectivity index (χ4v) is 3.19. The monoisotopic (exact) mass is 343 g/mol. The number of anilines is 1. The van der Waals surface area contributed by atoms with Crippen LogP contribution in [0.2, 0.25) is 0 Å². The van der Waals surface area contributed by atoms with E-state index >= 15 is 0 Å². The average molecular weight is 343 g/mol. The third-order valence-electron chi connectivity index (χ3n) is 2.43. The van der Waals surface area contributed by atoms with Crippen molar-refractivity contribution in [3.05, 3.63) is 26.3 Å². The Morgan fingerprint density at radius 2 is 2.29 bits per heavy atom. The number of hydrogen-bond acceptors (Lipinski definition) is 6. The van der Waals surface area contributed by atoms with E-state index in [9.17, 15) is 4.79 Å². The molecule has 0 saturated carbocycles. The van der Waals surface area contributed by atoms with Gasteiger partial charge in [0, 0.05) is 17.8 Å². The minimum absolute atomic E-state index is 0.406. The van der Waals surface area contributed by atoms with Crippen LogP contribution in [0.15, 0.2) is 17.5 Å². The Morgan fingerprint density at radius 1 is 1.52 bits per heavy atom. The average Bonchev–Trinajstić information content (AvgIpc) is 2.99. The summed E-state index contributed by atoms with van der Waals surface area (Å²) in [5.41, 5.74) is -0.546. The summed E-state index contributed by atoms with van der Waals surface area (Å²) in [7, 11) is 0. The molecular weight excluding hydrogens is 326 g/mol. The highest BCUT2D eigenvalue weighted by Gasteiger charge is 2.25. The van der Waals surface area contributed by atoms with Crippen molar-refractivity contribution in [1.29, 1.82) is 0 Å². The highest BCUT2D eigenvalue weighted by atomic mass is 32.1. The highest BCUT2D eigenvalue weighted by molar-refractivity contribution is 7.73. The van der Waals surface area contributed by atoms with Crippen LogP contribution in [0.3, 0.4) is 0 Å². The summed E-state index contributed by atoms with van der Waals surface area (Å²) in [6, 6.07) is 4.04. The first-order valence-electron chi connectivity index (χ1n) is 6.43. The van der Waals surface area contributed by atoms with E-state index in [-0.39, 0.29) is 0 Å². The van der Waals surface area contributed by atoms with Gasteiger partial charge in [0.2, 0.25) is 5.13 Å². The molecule has 0 saturated heterocycles. The van der Waals surface area contributed by atoms with Crippen LogP contribution < -0.4 is 4.90 Å². The van der Waals surface area contributed by atoms with Crippen LogP contribution in [-0.4, -0.2) is 28.4 Å². The number of aromatic nitrogens is 2. The number of nitrogens with zero attached hydrogens (tertiary/aromatic N) is 2. The number of hydrogen-bond donors (Lipinski definition) is 1. The normalized spacial score (nSPS) is 11.4. The first-order chi connectivity index (χ1) is 9.85. The van der Waals surface area contributed by atoms with Crippen molar-refractivity contribution in [1.82, 2.24) is 10.2 Å². The van der Waals surface area contributed by atoms with Gasteiger partial charge in [-0.15, -0.1) is 16.4 Å². The second kappa shape index (κ2) is 6.67. The third kappa shape index (κ3) is 4.90. The van der Waals surface area contributed by atoms with E-state index in [1.807, 2.05) is 38.3 Å². The molecule has 2 aromatic heterocycles. The SMILES string of the molecule is CC(C)(C)OC(=O)N(CCc1cccs1)c1n[nH]c(=S)s1. The Morgan fingerprint density at radius 3 is 2.81 bits per heavy atom. The molecule has 0 atom stereocenters. The van der Waals surface area contributed by atoms with Crippen LogP contribution in [0.5, 0.6) is 0 Å². The molecule has 0 unspecified atom stereocenters. The Hall–Kier alpha value is -1.25. The molecule has 0 spiro atoms. The summed E-state index contributed by atoms with van der Waals surface area (Å²) in [6.45, 7) is 6.03. The van der Waals surface area contributed by atoms with E-state index in [1.54, 1.807) is 11.3 Å². The maximum Gasteiger partial charge on any atom is 0.416 e. The summed E-state index contributed by atoms with van der Waals surface area (Å²) in [5, 5.41) is 9.33. The first-order valence-corrected chi connectivity index (χ1v) is 8.54. The quantitative estimate of drug-likeness (QED) is 0.843. The fourth-order valence-electron chi connectivity index (χ4n) is 1.60. The van der Waals surface area contributed by atoms with Crippen molar-refractivity contribution >= 4 is 46.1 Å². The number of rotatable bonds is 4. The molecule has 0 aliphatic heterocycles. The van der Waals surface area contributed by atoms with Crippen molar-refractivity contribution in [2.75, 3.05) is 11.4 Å². The minimum Gasteiger partial charge on any atom is -0.443 e. The molecule has 0 aromatic carbocycles. The van der Waals surface area contributed by atoms with E-state index in [1.165, 1.54) is 21.1 Å². The number of ether oxygens (including phenoxy) is 1. The van der Waals surface area contributed by atoms with Crippen molar-refractivity contribution in [3.63, 3.8) is 0 Å². The van der Waals surface area contributed by atoms with Gasteiger partial charge in [-0.25, -0.2) is 4.79 Å². The summed E-state index contributed by atoms with van der Waals surface area (Å²) in [4.78, 5) is 15.1. The molecule has 8 heteroatoms. The molecule has 1 N–H and O–H groups in total. The molecule has 0 aliphatic carbocycles. The Kier molecular flexibility index (Phi) is 5.13. The highest BCUT2D eigenvalue weighted by Crippen LogP contribution is 2.22. The van der Waals surface area contributed by atoms with Gasteiger partial charge in [-0.1, -0.05) is 17.4 Å². The van der Waals surface area contributed by atoms with Gasteiger partial charge in [0.1, 0.15) is 5.60 Å². The molecule has 0 radical (unpaired) electrons. The molecule has 0 aliphatic rings. The van der Waals surface area contributed by atoms with Gasteiger partial charge in [-0.3, -0.25) is 10.00 Å². The van der Waals surface area contributed by atoms with Crippen molar-refractivity contribution in [3.8, 4) is 0 Å². The molecular formula is C13H17N3O2S3. The van der Waals surface area contributed by atoms with Crippen molar-refractivity contribution in [2.45, 2.75) is 32.8 Å². The zero-order valence-electron chi connectivity index (χ0n) is 12.1. The summed E-state index contributed by atoms with van der Waals surface area (Å²) < 4.78 is 5.98. The van der Waals surface area contributed by atoms with Gasteiger partial charge in [-0.05, 0) is 44.4 Å². The number of nitrogens with one attached hydrogen (secondary N) is 1. The topological polar surface area (TPSA) is 58.2 Å². The zero-order chi connectivity index (χ0) is 15.5. The van der Waals surface area contributed by atoms with Crippen molar-refractivity contribution < 1.29 is 9.53 Å². The lowest BCUT2D eigenvalue weighted by Crippen LogP contribution is -2.38. The number of aromatic amines is 1. The van der Waals surface area contributed by atoms with E-state index in [0.717, 1.165) is 6.42 Å². The van der Waals surface area contributed by atoms with Gasteiger partial charge < -0.3 is 4.74 Å². The van der Waals surface area contributed by atoms with Gasteiger partial charge >= 0.3 is 6.09 Å². The first kappa shape index (κ1) is 16.1. The molecule has 2 heterocycles. The number of carbonyl (C=O) groups is 1. The number of amides is 1. The third-order valence-corrected chi connectivity index (χ3v) is 4.48. The number of carbonyl (C=O) groups excluding carboxylic acids is 1. The standard InChI is InChI=1S/C13H17N3O2S3/c1-13(2,3)18-12(17)16(10-14-15-11(19)21-10)7-6-9-5-4-8-20-9/h4-5,8H,6-7H2,1-3H3,(H,15,19). The Labute approximate surface area is 136 Å². The number of thiophene rings is 1. The molecule has 2 rings (SSSR count). The van der Waals surface area contributed by atoms with E-state index < -0.39 is 11.7 Å². The maximum atomic E-state index is 12.4. The van der Waals surface area contributed by atoms with Crippen LogP contribution in [0.4, 0.5) is 9.93 Å². The lowest BCUT2D eigenvalue weighted by molar-refractivity contribution is 0.0580. The van der Waals surface area contributed by atoms with Crippen LogP contribution in [0, 0.1) is 3.95 Å². The second-order valence-electron chi connectivity index (χ2n) is 5.36. The molecule has 114 valence electrons. The van der Waals surface area contributed by atoms with Crippen LogP contribution in [0.25, 0.3) is 0 Å². The van der Waals surface area contributed by atoms with E-state index in [0.29, 0.717) is 15.6 Å². The van der Waals surface area contributed by atoms with Crippen molar-refractivity contribution in [2.24, 2.45) is 0 Å². The van der Waals surface area contributed by atoms with Gasteiger partial charge in [0.15, 0.2) is 3.95 Å². The second-order valence-corrected chi connectivity index (χ2v) is 8.03. The molecule has 0 bridgehead atoms. The summed E-state index contributed by atoms with van der Waals surface area (Å²) >= 11 is 7.97. The lowest BCUT2D eigenvalue weighted by Gasteiger charge is -2.25. The summed E-state index contributed by atoms with van der Waals surface area (Å²) in [6.07, 6.45) is 0.347. The lowest BCUT2D eigenvalue weighted by atomic mass is 10.2. The fraction of sp³-hybridized carbons (Fsp3) is 0.462. The van der Waals surface area contributed by atoms with Crippen LogP contribution >= 0.6 is 34.9 Å². The van der Waals surface area contributed by atoms with Gasteiger partial charge in [0.25, 0.3) is 0 Å². The number of H-pyrrole nitrogens is 1. The minimum atomic E-state index is -0.546. The largest absolute Gasteiger partial charge is 0.443 e. The molecule has 5 nitrogen and oxygen atoms in total. The van der Waals surface area contributed by atoms with Crippen LogP contribution in [-0.2, 0) is 11.2 Å². The Balaban J connectivity index is 2.13. The molecule has 21 heavy (non-hydrogen) atoms. The predicted molar refractivity (Wildman–Crippen MR) is 88.9 cm³/mol. The molecule has 2 aromatic rings. The zero-order valence-corrected chi connectivity index (χ0v) is 14.5.